The molecule has 4 rings (SSSR count). The van der Waals surface area contributed by atoms with Crippen LogP contribution in [0, 0.1) is 0 Å². The van der Waals surface area contributed by atoms with Gasteiger partial charge in [-0.25, -0.2) is 0 Å². The Kier molecular flexibility index (Phi) is 4.90. The molecule has 1 atom stereocenters. The van der Waals surface area contributed by atoms with E-state index in [-0.39, 0.29) is 5.92 Å². The van der Waals surface area contributed by atoms with E-state index in [0.29, 0.717) is 12.5 Å². The molecule has 2 aromatic rings. The second kappa shape index (κ2) is 7.45. The van der Waals surface area contributed by atoms with E-state index in [4.69, 9.17) is 9.26 Å². The predicted molar refractivity (Wildman–Crippen MR) is 91.7 cm³/mol. The summed E-state index contributed by atoms with van der Waals surface area (Å²) in [6, 6.07) is 8.52. The fourth-order valence-corrected chi connectivity index (χ4v) is 3.61. The van der Waals surface area contributed by atoms with Gasteiger partial charge in [-0.05, 0) is 50.0 Å². The molecular weight excluding hydrogens is 302 g/mol. The fourth-order valence-electron chi connectivity index (χ4n) is 3.61. The Balaban J connectivity index is 1.47. The molecule has 1 aromatic heterocycles. The van der Waals surface area contributed by atoms with Crippen molar-refractivity contribution in [1.82, 2.24) is 15.0 Å². The van der Waals surface area contributed by atoms with E-state index in [9.17, 15) is 0 Å². The second-order valence-corrected chi connectivity index (χ2v) is 6.91. The standard InChI is InChI=1S/C19H25N3O2/c1-2-4-10-22(9-3-1)13-15-6-5-7-16(12-15)19-20-18(21-24-19)17-8-11-23-14-17/h5-7,12,17H,1-4,8-11,13-14H2/t17-/m0/s1. The van der Waals surface area contributed by atoms with E-state index < -0.39 is 0 Å². The molecule has 5 nitrogen and oxygen atoms in total. The van der Waals surface area contributed by atoms with Crippen LogP contribution in [0.15, 0.2) is 28.8 Å². The maximum Gasteiger partial charge on any atom is 0.257 e. The minimum absolute atomic E-state index is 0.280. The second-order valence-electron chi connectivity index (χ2n) is 6.91. The lowest BCUT2D eigenvalue weighted by Crippen LogP contribution is -2.23. The van der Waals surface area contributed by atoms with Gasteiger partial charge >= 0.3 is 0 Å². The van der Waals surface area contributed by atoms with Crippen LogP contribution in [-0.2, 0) is 11.3 Å². The lowest BCUT2D eigenvalue weighted by atomic mass is 10.1. The summed E-state index contributed by atoms with van der Waals surface area (Å²) in [5, 5.41) is 4.16. The number of aromatic nitrogens is 2. The summed E-state index contributed by atoms with van der Waals surface area (Å²) < 4.78 is 10.9. The number of likely N-dealkylation sites (tertiary alicyclic amines) is 1. The first-order valence-electron chi connectivity index (χ1n) is 9.11. The van der Waals surface area contributed by atoms with Crippen molar-refractivity contribution in [2.24, 2.45) is 0 Å². The van der Waals surface area contributed by atoms with Gasteiger partial charge in [0.1, 0.15) is 0 Å². The third-order valence-electron chi connectivity index (χ3n) is 5.02. The zero-order chi connectivity index (χ0) is 16.2. The molecule has 24 heavy (non-hydrogen) atoms. The maximum atomic E-state index is 5.50. The van der Waals surface area contributed by atoms with E-state index in [1.54, 1.807) is 0 Å². The van der Waals surface area contributed by atoms with Crippen molar-refractivity contribution in [2.45, 2.75) is 44.6 Å². The monoisotopic (exact) mass is 327 g/mol. The highest BCUT2D eigenvalue weighted by Crippen LogP contribution is 2.26. The van der Waals surface area contributed by atoms with Crippen LogP contribution >= 0.6 is 0 Å². The lowest BCUT2D eigenvalue weighted by molar-refractivity contribution is 0.192. The fraction of sp³-hybridized carbons (Fsp3) is 0.579. The van der Waals surface area contributed by atoms with Gasteiger partial charge in [-0.15, -0.1) is 0 Å². The smallest absolute Gasteiger partial charge is 0.257 e. The van der Waals surface area contributed by atoms with Gasteiger partial charge in [0, 0.05) is 24.6 Å². The molecule has 0 unspecified atom stereocenters. The molecule has 0 amide bonds. The largest absolute Gasteiger partial charge is 0.381 e. The van der Waals surface area contributed by atoms with Gasteiger partial charge in [0.15, 0.2) is 5.82 Å². The van der Waals surface area contributed by atoms with E-state index >= 15 is 0 Å². The van der Waals surface area contributed by atoms with E-state index in [2.05, 4.69) is 33.2 Å². The molecule has 0 radical (unpaired) electrons. The van der Waals surface area contributed by atoms with Gasteiger partial charge in [0.05, 0.1) is 6.61 Å². The number of rotatable bonds is 4. The van der Waals surface area contributed by atoms with Crippen LogP contribution in [0.4, 0.5) is 0 Å². The Labute approximate surface area is 143 Å². The Bertz CT molecular complexity index is 656. The maximum absolute atomic E-state index is 5.50. The first-order valence-corrected chi connectivity index (χ1v) is 9.11. The van der Waals surface area contributed by atoms with Crippen molar-refractivity contribution in [3.05, 3.63) is 35.7 Å². The molecule has 5 heteroatoms. The average molecular weight is 327 g/mol. The molecule has 2 saturated heterocycles. The molecule has 128 valence electrons. The number of ether oxygens (including phenoxy) is 1. The van der Waals surface area contributed by atoms with Crippen LogP contribution in [0.25, 0.3) is 11.5 Å². The van der Waals surface area contributed by atoms with Crippen molar-refractivity contribution in [3.63, 3.8) is 0 Å². The van der Waals surface area contributed by atoms with Crippen LogP contribution in [0.3, 0.4) is 0 Å². The highest BCUT2D eigenvalue weighted by atomic mass is 16.5. The van der Waals surface area contributed by atoms with E-state index in [1.165, 1.54) is 44.3 Å². The number of nitrogens with zero attached hydrogens (tertiary/aromatic N) is 3. The first kappa shape index (κ1) is 15.8. The summed E-state index contributed by atoms with van der Waals surface area (Å²) in [7, 11) is 0. The molecule has 0 N–H and O–H groups in total. The number of hydrogen-bond acceptors (Lipinski definition) is 5. The number of benzene rings is 1. The van der Waals surface area contributed by atoms with Crippen molar-refractivity contribution in [2.75, 3.05) is 26.3 Å². The highest BCUT2D eigenvalue weighted by molar-refractivity contribution is 5.54. The quantitative estimate of drug-likeness (QED) is 0.858. The molecule has 0 spiro atoms. The molecule has 3 heterocycles. The normalized spacial score (nSPS) is 22.6. The highest BCUT2D eigenvalue weighted by Gasteiger charge is 2.23. The zero-order valence-electron chi connectivity index (χ0n) is 14.1. The molecular formula is C19H25N3O2. The third kappa shape index (κ3) is 3.68. The van der Waals surface area contributed by atoms with Gasteiger partial charge in [-0.1, -0.05) is 30.1 Å². The average Bonchev–Trinajstić information content (AvgIpc) is 3.24. The molecule has 1 aromatic carbocycles. The molecule has 2 aliphatic rings. The van der Waals surface area contributed by atoms with Crippen LogP contribution in [0.1, 0.15) is 49.4 Å². The van der Waals surface area contributed by atoms with Crippen LogP contribution in [-0.4, -0.2) is 41.3 Å². The summed E-state index contributed by atoms with van der Waals surface area (Å²) in [4.78, 5) is 7.15. The van der Waals surface area contributed by atoms with Crippen LogP contribution in [0.2, 0.25) is 0 Å². The van der Waals surface area contributed by atoms with E-state index in [0.717, 1.165) is 31.0 Å². The minimum Gasteiger partial charge on any atom is -0.381 e. The van der Waals surface area contributed by atoms with E-state index in [1.807, 2.05) is 6.07 Å². The van der Waals surface area contributed by atoms with Gasteiger partial charge in [-0.3, -0.25) is 4.90 Å². The minimum atomic E-state index is 0.280. The van der Waals surface area contributed by atoms with Crippen molar-refractivity contribution >= 4 is 0 Å². The molecule has 2 aliphatic heterocycles. The zero-order valence-corrected chi connectivity index (χ0v) is 14.1. The SMILES string of the molecule is c1cc(CN2CCCCCC2)cc(-c2nc([C@H]3CCOC3)no2)c1. The molecule has 0 bridgehead atoms. The number of hydrogen-bond donors (Lipinski definition) is 0. The Morgan fingerprint density at radius 2 is 2.00 bits per heavy atom. The van der Waals surface area contributed by atoms with Gasteiger partial charge in [-0.2, -0.15) is 4.98 Å². The summed E-state index contributed by atoms with van der Waals surface area (Å²) in [6.45, 7) is 4.91. The first-order chi connectivity index (χ1) is 11.9. The molecule has 0 aliphatic carbocycles. The van der Waals surface area contributed by atoms with Gasteiger partial charge < -0.3 is 9.26 Å². The summed E-state index contributed by atoms with van der Waals surface area (Å²) in [5.41, 5.74) is 2.33. The van der Waals surface area contributed by atoms with Gasteiger partial charge in [0.25, 0.3) is 5.89 Å². The van der Waals surface area contributed by atoms with Gasteiger partial charge in [0.2, 0.25) is 0 Å². The molecule has 0 saturated carbocycles. The van der Waals surface area contributed by atoms with Crippen molar-refractivity contribution in [1.29, 1.82) is 0 Å². The summed E-state index contributed by atoms with van der Waals surface area (Å²) >= 11 is 0. The Morgan fingerprint density at radius 3 is 2.79 bits per heavy atom. The predicted octanol–water partition coefficient (Wildman–Crippen LogP) is 3.62. The molecule has 2 fully saturated rings. The summed E-state index contributed by atoms with van der Waals surface area (Å²) in [6.07, 6.45) is 6.35. The van der Waals surface area contributed by atoms with Crippen molar-refractivity contribution in [3.8, 4) is 11.5 Å². The Morgan fingerprint density at radius 1 is 1.12 bits per heavy atom. The Hall–Kier alpha value is -1.72. The summed E-state index contributed by atoms with van der Waals surface area (Å²) in [5.74, 6) is 1.68. The van der Waals surface area contributed by atoms with Crippen LogP contribution < -0.4 is 0 Å². The topological polar surface area (TPSA) is 51.4 Å². The van der Waals surface area contributed by atoms with Crippen LogP contribution in [0.5, 0.6) is 0 Å². The lowest BCUT2D eigenvalue weighted by Gasteiger charge is -2.19. The third-order valence-corrected chi connectivity index (χ3v) is 5.02. The van der Waals surface area contributed by atoms with Crippen molar-refractivity contribution < 1.29 is 9.26 Å².